The van der Waals surface area contributed by atoms with Crippen LogP contribution in [0.25, 0.3) is 0 Å². The third-order valence-corrected chi connectivity index (χ3v) is 4.93. The monoisotopic (exact) mass is 419 g/mol. The van der Waals surface area contributed by atoms with Crippen molar-refractivity contribution in [3.05, 3.63) is 83.9 Å². The summed E-state index contributed by atoms with van der Waals surface area (Å²) >= 11 is 0. The second-order valence-corrected chi connectivity index (χ2v) is 6.86. The lowest BCUT2D eigenvalue weighted by Crippen LogP contribution is -2.34. The van der Waals surface area contributed by atoms with Crippen LogP contribution in [0, 0.1) is 0 Å². The third-order valence-electron chi connectivity index (χ3n) is 4.93. The van der Waals surface area contributed by atoms with E-state index in [0.717, 1.165) is 5.69 Å². The fourth-order valence-electron chi connectivity index (χ4n) is 3.11. The Morgan fingerprint density at radius 3 is 1.23 bits per heavy atom. The molecule has 0 saturated carbocycles. The van der Waals surface area contributed by atoms with E-state index in [1.807, 2.05) is 12.1 Å². The highest BCUT2D eigenvalue weighted by atomic mass is 16.5. The van der Waals surface area contributed by atoms with Gasteiger partial charge in [-0.1, -0.05) is 0 Å². The Kier molecular flexibility index (Phi) is 7.27. The van der Waals surface area contributed by atoms with Crippen LogP contribution in [0.2, 0.25) is 0 Å². The first kappa shape index (κ1) is 21.9. The summed E-state index contributed by atoms with van der Waals surface area (Å²) in [5.74, 6) is 1.87. The fraction of sp³-hybridized carbons (Fsp3) is 0.200. The average Bonchev–Trinajstić information content (AvgIpc) is 2.83. The SMILES string of the molecule is COc1ccc(C(=O)CN(CC(=O)c2ccc(OC)cc2)c2ccc(OC)cc2)cc1. The topological polar surface area (TPSA) is 65.1 Å². The summed E-state index contributed by atoms with van der Waals surface area (Å²) in [6, 6.07) is 21.1. The van der Waals surface area contributed by atoms with Gasteiger partial charge in [-0.25, -0.2) is 0 Å². The Morgan fingerprint density at radius 2 is 0.903 bits per heavy atom. The number of carbonyl (C=O) groups excluding carboxylic acids is 2. The average molecular weight is 419 g/mol. The molecule has 0 spiro atoms. The molecule has 6 nitrogen and oxygen atoms in total. The highest BCUT2D eigenvalue weighted by molar-refractivity contribution is 6.03. The number of hydrogen-bond donors (Lipinski definition) is 0. The van der Waals surface area contributed by atoms with Gasteiger partial charge in [-0.05, 0) is 72.8 Å². The minimum absolute atomic E-state index is 0.0561. The maximum Gasteiger partial charge on any atom is 0.182 e. The van der Waals surface area contributed by atoms with E-state index >= 15 is 0 Å². The summed E-state index contributed by atoms with van der Waals surface area (Å²) in [4.78, 5) is 27.6. The molecule has 0 aromatic heterocycles. The lowest BCUT2D eigenvalue weighted by atomic mass is 10.1. The highest BCUT2D eigenvalue weighted by Gasteiger charge is 2.18. The molecule has 6 heteroatoms. The van der Waals surface area contributed by atoms with E-state index < -0.39 is 0 Å². The van der Waals surface area contributed by atoms with Crippen molar-refractivity contribution in [1.82, 2.24) is 0 Å². The molecule has 0 bridgehead atoms. The van der Waals surface area contributed by atoms with Gasteiger partial charge in [0.25, 0.3) is 0 Å². The molecule has 0 unspecified atom stereocenters. The number of ketones is 2. The number of Topliss-reactive ketones (excluding diaryl/α,β-unsaturated/α-hetero) is 2. The molecule has 160 valence electrons. The largest absolute Gasteiger partial charge is 0.497 e. The molecule has 31 heavy (non-hydrogen) atoms. The molecule has 3 aromatic carbocycles. The standard InChI is InChI=1S/C25H25NO5/c1-29-21-10-4-18(5-11-21)24(27)16-26(20-8-14-23(31-3)15-9-20)17-25(28)19-6-12-22(30-2)13-7-19/h4-15H,16-17H2,1-3H3. The molecule has 0 N–H and O–H groups in total. The van der Waals surface area contributed by atoms with Gasteiger partial charge < -0.3 is 19.1 Å². The Morgan fingerprint density at radius 1 is 0.581 bits per heavy atom. The van der Waals surface area contributed by atoms with Crippen LogP contribution in [0.5, 0.6) is 17.2 Å². The number of methoxy groups -OCH3 is 3. The Labute approximate surface area is 182 Å². The molecule has 0 saturated heterocycles. The smallest absolute Gasteiger partial charge is 0.182 e. The summed E-state index contributed by atoms with van der Waals surface area (Å²) in [5, 5.41) is 0. The normalized spacial score (nSPS) is 10.3. The quantitative estimate of drug-likeness (QED) is 0.457. The second-order valence-electron chi connectivity index (χ2n) is 6.86. The second kappa shape index (κ2) is 10.3. The molecule has 0 aliphatic carbocycles. The van der Waals surface area contributed by atoms with Gasteiger partial charge in [0.05, 0.1) is 34.4 Å². The third kappa shape index (κ3) is 5.63. The predicted octanol–water partition coefficient (Wildman–Crippen LogP) is 4.28. The van der Waals surface area contributed by atoms with Crippen LogP contribution in [0.4, 0.5) is 5.69 Å². The Bertz CT molecular complexity index is 950. The van der Waals surface area contributed by atoms with E-state index in [2.05, 4.69) is 0 Å². The summed E-state index contributed by atoms with van der Waals surface area (Å²) in [5.41, 5.74) is 1.86. The van der Waals surface area contributed by atoms with Crippen LogP contribution in [0.1, 0.15) is 20.7 Å². The van der Waals surface area contributed by atoms with Gasteiger partial charge in [0.2, 0.25) is 0 Å². The lowest BCUT2D eigenvalue weighted by Gasteiger charge is -2.24. The van der Waals surface area contributed by atoms with Crippen molar-refractivity contribution >= 4 is 17.3 Å². The van der Waals surface area contributed by atoms with E-state index in [-0.39, 0.29) is 24.7 Å². The highest BCUT2D eigenvalue weighted by Crippen LogP contribution is 2.21. The van der Waals surface area contributed by atoms with Crippen LogP contribution in [0.15, 0.2) is 72.8 Å². The van der Waals surface area contributed by atoms with Gasteiger partial charge in [0.1, 0.15) is 17.2 Å². The van der Waals surface area contributed by atoms with Crippen molar-refractivity contribution in [2.24, 2.45) is 0 Å². The molecule has 0 amide bonds. The van der Waals surface area contributed by atoms with Crippen LogP contribution in [-0.2, 0) is 0 Å². The van der Waals surface area contributed by atoms with Gasteiger partial charge in [0, 0.05) is 16.8 Å². The van der Waals surface area contributed by atoms with Gasteiger partial charge in [-0.3, -0.25) is 9.59 Å². The first-order chi connectivity index (χ1) is 15.0. The first-order valence-corrected chi connectivity index (χ1v) is 9.77. The zero-order valence-corrected chi connectivity index (χ0v) is 17.8. The van der Waals surface area contributed by atoms with Crippen molar-refractivity contribution in [1.29, 1.82) is 0 Å². The van der Waals surface area contributed by atoms with Gasteiger partial charge in [-0.15, -0.1) is 0 Å². The molecular weight excluding hydrogens is 394 g/mol. The maximum absolute atomic E-state index is 12.9. The van der Waals surface area contributed by atoms with E-state index in [1.165, 1.54) is 0 Å². The number of ether oxygens (including phenoxy) is 3. The van der Waals surface area contributed by atoms with Crippen LogP contribution < -0.4 is 19.1 Å². The van der Waals surface area contributed by atoms with Crippen molar-refractivity contribution in [2.75, 3.05) is 39.3 Å². The van der Waals surface area contributed by atoms with E-state index in [4.69, 9.17) is 14.2 Å². The molecule has 3 aromatic rings. The van der Waals surface area contributed by atoms with Crippen LogP contribution >= 0.6 is 0 Å². The number of rotatable bonds is 10. The summed E-state index contributed by atoms with van der Waals surface area (Å²) in [6.45, 7) is 0.112. The van der Waals surface area contributed by atoms with Crippen molar-refractivity contribution in [3.8, 4) is 17.2 Å². The Balaban J connectivity index is 1.82. The lowest BCUT2D eigenvalue weighted by molar-refractivity contribution is 0.0984. The zero-order valence-electron chi connectivity index (χ0n) is 17.8. The summed E-state index contributed by atoms with van der Waals surface area (Å²) in [7, 11) is 4.74. The fourth-order valence-corrected chi connectivity index (χ4v) is 3.11. The van der Waals surface area contributed by atoms with Crippen molar-refractivity contribution in [2.45, 2.75) is 0 Å². The van der Waals surface area contributed by atoms with E-state index in [1.54, 1.807) is 86.9 Å². The van der Waals surface area contributed by atoms with Crippen molar-refractivity contribution in [3.63, 3.8) is 0 Å². The molecule has 0 aliphatic heterocycles. The number of carbonyl (C=O) groups is 2. The first-order valence-electron chi connectivity index (χ1n) is 9.77. The number of nitrogens with zero attached hydrogens (tertiary/aromatic N) is 1. The molecule has 0 heterocycles. The minimum Gasteiger partial charge on any atom is -0.497 e. The molecule has 0 fully saturated rings. The van der Waals surface area contributed by atoms with Gasteiger partial charge >= 0.3 is 0 Å². The molecule has 0 atom stereocenters. The molecule has 0 radical (unpaired) electrons. The summed E-state index contributed by atoms with van der Waals surface area (Å²) < 4.78 is 15.5. The number of anilines is 1. The Hall–Kier alpha value is -3.80. The molecule has 3 rings (SSSR count). The molecule has 0 aliphatic rings. The van der Waals surface area contributed by atoms with Crippen LogP contribution in [-0.4, -0.2) is 46.0 Å². The van der Waals surface area contributed by atoms with Gasteiger partial charge in [-0.2, -0.15) is 0 Å². The number of hydrogen-bond acceptors (Lipinski definition) is 6. The predicted molar refractivity (Wildman–Crippen MR) is 120 cm³/mol. The number of benzene rings is 3. The zero-order chi connectivity index (χ0) is 22.2. The van der Waals surface area contributed by atoms with Crippen LogP contribution in [0.3, 0.4) is 0 Å². The van der Waals surface area contributed by atoms with Crippen molar-refractivity contribution < 1.29 is 23.8 Å². The van der Waals surface area contributed by atoms with E-state index in [0.29, 0.717) is 28.4 Å². The van der Waals surface area contributed by atoms with E-state index in [9.17, 15) is 9.59 Å². The van der Waals surface area contributed by atoms with Gasteiger partial charge in [0.15, 0.2) is 11.6 Å². The summed E-state index contributed by atoms with van der Waals surface area (Å²) in [6.07, 6.45) is 0. The maximum atomic E-state index is 12.9. The minimum atomic E-state index is -0.0963. The molecular formula is C25H25NO5.